The van der Waals surface area contributed by atoms with Crippen molar-refractivity contribution in [2.45, 2.75) is 5.92 Å². The Balaban J connectivity index is 1.89. The highest BCUT2D eigenvalue weighted by molar-refractivity contribution is 7.73. The molecule has 124 valence electrons. The van der Waals surface area contributed by atoms with E-state index >= 15 is 0 Å². The number of rotatable bonds is 2. The average molecular weight is 354 g/mol. The molecule has 0 saturated carbocycles. The van der Waals surface area contributed by atoms with E-state index in [1.807, 2.05) is 48.5 Å². The molecule has 4 heteroatoms. The number of fused-ring (bicyclic) bond motifs is 2. The van der Waals surface area contributed by atoms with Crippen LogP contribution in [-0.2, 0) is 0 Å². The Morgan fingerprint density at radius 1 is 0.520 bits per heavy atom. The zero-order valence-electron chi connectivity index (χ0n) is 13.2. The lowest BCUT2D eigenvalue weighted by molar-refractivity contribution is -0.0379. The molecule has 0 N–H and O–H groups in total. The van der Waals surface area contributed by atoms with Crippen LogP contribution >= 0.6 is 7.92 Å². The van der Waals surface area contributed by atoms with Gasteiger partial charge in [-0.15, -0.1) is 0 Å². The summed E-state index contributed by atoms with van der Waals surface area (Å²) in [7, 11) is -2.44. The lowest BCUT2D eigenvalue weighted by atomic mass is 10.1. The first-order valence-electron chi connectivity index (χ1n) is 7.87. The van der Waals surface area contributed by atoms with Crippen molar-refractivity contribution in [3.63, 3.8) is 0 Å². The SMILES string of the molecule is FC(F)(F)P(c1ccc2ccccc2c1)c1ccc2ccccc2c1. The molecule has 0 atom stereocenters. The summed E-state index contributed by atoms with van der Waals surface area (Å²) in [5.41, 5.74) is 0. The van der Waals surface area contributed by atoms with Crippen molar-refractivity contribution in [1.82, 2.24) is 0 Å². The number of halogens is 3. The average Bonchev–Trinajstić information content (AvgIpc) is 2.60. The van der Waals surface area contributed by atoms with Crippen LogP contribution in [0.2, 0.25) is 0 Å². The van der Waals surface area contributed by atoms with Crippen LogP contribution in [0, 0.1) is 0 Å². The number of hydrogen-bond donors (Lipinski definition) is 0. The van der Waals surface area contributed by atoms with Gasteiger partial charge in [-0.25, -0.2) is 0 Å². The van der Waals surface area contributed by atoms with Gasteiger partial charge in [0.1, 0.15) is 0 Å². The summed E-state index contributed by atoms with van der Waals surface area (Å²) in [4.78, 5) is 0. The molecule has 0 amide bonds. The van der Waals surface area contributed by atoms with Crippen LogP contribution in [0.3, 0.4) is 0 Å². The van der Waals surface area contributed by atoms with E-state index in [9.17, 15) is 13.2 Å². The molecular weight excluding hydrogens is 340 g/mol. The Morgan fingerprint density at radius 2 is 0.920 bits per heavy atom. The first-order chi connectivity index (χ1) is 12.0. The molecule has 0 unspecified atom stereocenters. The second-order valence-corrected chi connectivity index (χ2v) is 8.08. The number of alkyl halides is 3. The van der Waals surface area contributed by atoms with Gasteiger partial charge >= 0.3 is 5.92 Å². The van der Waals surface area contributed by atoms with Crippen LogP contribution in [0.5, 0.6) is 0 Å². The highest BCUT2D eigenvalue weighted by Crippen LogP contribution is 2.51. The van der Waals surface area contributed by atoms with Crippen molar-refractivity contribution in [3.8, 4) is 0 Å². The summed E-state index contributed by atoms with van der Waals surface area (Å²) in [6, 6.07) is 25.1. The molecule has 0 heterocycles. The molecule has 4 rings (SSSR count). The summed E-state index contributed by atoms with van der Waals surface area (Å²) in [5, 5.41) is 4.21. The quantitative estimate of drug-likeness (QED) is 0.391. The number of benzene rings is 4. The third-order valence-corrected chi connectivity index (χ3v) is 6.33. The molecule has 0 aromatic heterocycles. The monoisotopic (exact) mass is 354 g/mol. The van der Waals surface area contributed by atoms with E-state index in [1.165, 1.54) is 0 Å². The Bertz CT molecular complexity index is 974. The molecule has 0 saturated heterocycles. The maximum absolute atomic E-state index is 13.9. The van der Waals surface area contributed by atoms with Gasteiger partial charge < -0.3 is 0 Å². The first-order valence-corrected chi connectivity index (χ1v) is 9.21. The zero-order valence-corrected chi connectivity index (χ0v) is 14.1. The standard InChI is InChI=1S/C21H14F3P/c22-21(23,24)25(19-11-9-15-5-1-3-7-17(15)13-19)20-12-10-16-6-2-4-8-18(16)14-20/h1-14H. The van der Waals surface area contributed by atoms with Crippen molar-refractivity contribution < 1.29 is 13.2 Å². The van der Waals surface area contributed by atoms with E-state index in [-0.39, 0.29) is 0 Å². The minimum absolute atomic E-state index is 0.330. The van der Waals surface area contributed by atoms with Crippen LogP contribution in [0.4, 0.5) is 13.2 Å². The highest BCUT2D eigenvalue weighted by Gasteiger charge is 2.41. The van der Waals surface area contributed by atoms with E-state index in [1.54, 1.807) is 36.4 Å². The van der Waals surface area contributed by atoms with Gasteiger partial charge in [0.05, 0.1) is 7.92 Å². The first kappa shape index (κ1) is 16.1. The Morgan fingerprint density at radius 3 is 1.32 bits per heavy atom. The molecule has 0 aliphatic carbocycles. The number of hydrogen-bond acceptors (Lipinski definition) is 0. The summed E-state index contributed by atoms with van der Waals surface area (Å²) in [6.45, 7) is 0. The topological polar surface area (TPSA) is 0 Å². The Hall–Kier alpha value is -2.38. The van der Waals surface area contributed by atoms with Crippen molar-refractivity contribution in [1.29, 1.82) is 0 Å². The molecule has 4 aromatic rings. The van der Waals surface area contributed by atoms with E-state index < -0.39 is 13.8 Å². The summed E-state index contributed by atoms with van der Waals surface area (Å²) < 4.78 is 41.8. The second kappa shape index (κ2) is 6.16. The predicted molar refractivity (Wildman–Crippen MR) is 100 cm³/mol. The van der Waals surface area contributed by atoms with Crippen LogP contribution in [0.1, 0.15) is 0 Å². The molecule has 0 spiro atoms. The maximum atomic E-state index is 13.9. The lowest BCUT2D eigenvalue weighted by Crippen LogP contribution is -2.23. The van der Waals surface area contributed by atoms with Crippen LogP contribution in [0.15, 0.2) is 84.9 Å². The summed E-state index contributed by atoms with van der Waals surface area (Å²) in [5.74, 6) is -4.29. The van der Waals surface area contributed by atoms with Gasteiger partial charge in [0.15, 0.2) is 0 Å². The van der Waals surface area contributed by atoms with Gasteiger partial charge in [-0.3, -0.25) is 0 Å². The predicted octanol–water partition coefficient (Wildman–Crippen LogP) is 5.95. The Kier molecular flexibility index (Phi) is 3.97. The fraction of sp³-hybridized carbons (Fsp3) is 0.0476. The van der Waals surface area contributed by atoms with Gasteiger partial charge in [-0.2, -0.15) is 13.2 Å². The minimum Gasteiger partial charge on any atom is -0.166 e. The second-order valence-electron chi connectivity index (χ2n) is 5.87. The van der Waals surface area contributed by atoms with Crippen LogP contribution in [0.25, 0.3) is 21.5 Å². The maximum Gasteiger partial charge on any atom is 0.413 e. The molecule has 0 bridgehead atoms. The van der Waals surface area contributed by atoms with E-state index in [4.69, 9.17) is 0 Å². The molecule has 0 fully saturated rings. The van der Waals surface area contributed by atoms with Crippen molar-refractivity contribution in [2.24, 2.45) is 0 Å². The van der Waals surface area contributed by atoms with Gasteiger partial charge in [-0.05, 0) is 44.3 Å². The minimum atomic E-state index is -4.29. The van der Waals surface area contributed by atoms with E-state index in [0.29, 0.717) is 10.6 Å². The van der Waals surface area contributed by atoms with Gasteiger partial charge in [0.2, 0.25) is 0 Å². The smallest absolute Gasteiger partial charge is 0.166 e. The van der Waals surface area contributed by atoms with Gasteiger partial charge in [-0.1, -0.05) is 72.8 Å². The normalized spacial score (nSPS) is 12.2. The van der Waals surface area contributed by atoms with Crippen LogP contribution < -0.4 is 10.6 Å². The molecule has 25 heavy (non-hydrogen) atoms. The van der Waals surface area contributed by atoms with Gasteiger partial charge in [0, 0.05) is 0 Å². The van der Waals surface area contributed by atoms with Crippen molar-refractivity contribution in [2.75, 3.05) is 0 Å². The summed E-state index contributed by atoms with van der Waals surface area (Å²) >= 11 is 0. The van der Waals surface area contributed by atoms with E-state index in [2.05, 4.69) is 0 Å². The van der Waals surface area contributed by atoms with Crippen molar-refractivity contribution >= 4 is 40.1 Å². The highest BCUT2D eigenvalue weighted by atomic mass is 31.1. The summed E-state index contributed by atoms with van der Waals surface area (Å²) in [6.07, 6.45) is 0. The van der Waals surface area contributed by atoms with Gasteiger partial charge in [0.25, 0.3) is 0 Å². The fourth-order valence-corrected chi connectivity index (χ4v) is 4.94. The third kappa shape index (κ3) is 3.12. The molecule has 0 nitrogen and oxygen atoms in total. The fourth-order valence-electron chi connectivity index (χ4n) is 3.07. The largest absolute Gasteiger partial charge is 0.413 e. The lowest BCUT2D eigenvalue weighted by Gasteiger charge is -2.22. The Labute approximate surface area is 144 Å². The zero-order chi connectivity index (χ0) is 17.4. The molecule has 0 aliphatic heterocycles. The van der Waals surface area contributed by atoms with E-state index in [0.717, 1.165) is 21.5 Å². The molecule has 0 aliphatic rings. The molecular formula is C21H14F3P. The third-order valence-electron chi connectivity index (χ3n) is 4.24. The molecule has 4 aromatic carbocycles. The van der Waals surface area contributed by atoms with Crippen LogP contribution in [-0.4, -0.2) is 5.92 Å². The van der Waals surface area contributed by atoms with Crippen molar-refractivity contribution in [3.05, 3.63) is 84.9 Å². The molecule has 0 radical (unpaired) electrons.